The molecule has 1 aromatic heterocycles. The van der Waals surface area contributed by atoms with E-state index >= 15 is 0 Å². The van der Waals surface area contributed by atoms with Crippen LogP contribution in [0, 0.1) is 20.2 Å². The summed E-state index contributed by atoms with van der Waals surface area (Å²) in [6.45, 7) is 0. The molecule has 2 aromatic carbocycles. The second-order valence-electron chi connectivity index (χ2n) is 5.36. The number of aliphatic hydroxyl groups excluding tert-OH is 1. The van der Waals surface area contributed by atoms with Crippen LogP contribution < -0.4 is 5.56 Å². The fourth-order valence-electron chi connectivity index (χ4n) is 2.35. The summed E-state index contributed by atoms with van der Waals surface area (Å²) in [6, 6.07) is 7.90. The minimum atomic E-state index is -0.921. The number of aromatic nitrogens is 2. The zero-order valence-corrected chi connectivity index (χ0v) is 14.0. The molecule has 0 amide bonds. The normalized spacial score (nSPS) is 11.5. The lowest BCUT2D eigenvalue weighted by Gasteiger charge is -2.03. The van der Waals surface area contributed by atoms with E-state index in [1.165, 1.54) is 12.1 Å². The highest BCUT2D eigenvalue weighted by Gasteiger charge is 2.25. The van der Waals surface area contributed by atoms with Gasteiger partial charge in [-0.1, -0.05) is 11.6 Å². The summed E-state index contributed by atoms with van der Waals surface area (Å²) in [4.78, 5) is 38.7. The molecule has 3 rings (SSSR count). The third-order valence-electron chi connectivity index (χ3n) is 3.62. The fourth-order valence-corrected chi connectivity index (χ4v) is 2.48. The van der Waals surface area contributed by atoms with Gasteiger partial charge < -0.3 is 10.1 Å². The predicted molar refractivity (Wildman–Crippen MR) is 97.6 cm³/mol. The molecule has 0 aliphatic rings. The van der Waals surface area contributed by atoms with E-state index in [2.05, 4.69) is 9.97 Å². The Morgan fingerprint density at radius 2 is 1.70 bits per heavy atom. The van der Waals surface area contributed by atoms with Crippen LogP contribution in [0.25, 0.3) is 22.9 Å². The molecule has 27 heavy (non-hydrogen) atoms. The minimum absolute atomic E-state index is 0.0398. The number of H-pyrrole nitrogens is 1. The largest absolute Gasteiger partial charge is 0.507 e. The molecule has 0 spiro atoms. The van der Waals surface area contributed by atoms with Crippen molar-refractivity contribution in [2.45, 2.75) is 0 Å². The lowest BCUT2D eigenvalue weighted by Crippen LogP contribution is -2.12. The maximum atomic E-state index is 12.2. The highest BCUT2D eigenvalue weighted by Crippen LogP contribution is 2.30. The molecule has 0 radical (unpaired) electrons. The zero-order valence-electron chi connectivity index (χ0n) is 13.2. The highest BCUT2D eigenvalue weighted by molar-refractivity contribution is 6.30. The molecule has 0 saturated carbocycles. The van der Waals surface area contributed by atoms with Crippen molar-refractivity contribution >= 4 is 45.8 Å². The van der Waals surface area contributed by atoms with Crippen LogP contribution in [0.1, 0.15) is 11.3 Å². The quantitative estimate of drug-likeness (QED) is 0.394. The molecule has 1 heterocycles. The van der Waals surface area contributed by atoms with Gasteiger partial charge in [0.25, 0.3) is 5.56 Å². The van der Waals surface area contributed by atoms with Crippen LogP contribution in [0.4, 0.5) is 11.4 Å². The van der Waals surface area contributed by atoms with Gasteiger partial charge in [-0.15, -0.1) is 0 Å². The van der Waals surface area contributed by atoms with Crippen molar-refractivity contribution in [1.29, 1.82) is 0 Å². The third kappa shape index (κ3) is 3.60. The van der Waals surface area contributed by atoms with Gasteiger partial charge in [0.15, 0.2) is 0 Å². The lowest BCUT2D eigenvalue weighted by atomic mass is 10.1. The molecule has 10 nitrogen and oxygen atoms in total. The van der Waals surface area contributed by atoms with Crippen LogP contribution in [-0.4, -0.2) is 24.9 Å². The molecular weight excluding hydrogens is 380 g/mol. The van der Waals surface area contributed by atoms with Crippen molar-refractivity contribution in [2.75, 3.05) is 0 Å². The zero-order chi connectivity index (χ0) is 19.7. The molecule has 0 bridgehead atoms. The van der Waals surface area contributed by atoms with Crippen LogP contribution >= 0.6 is 11.6 Å². The van der Waals surface area contributed by atoms with E-state index < -0.39 is 26.8 Å². The Kier molecular flexibility index (Phi) is 4.57. The first-order chi connectivity index (χ1) is 12.8. The molecule has 3 aromatic rings. The summed E-state index contributed by atoms with van der Waals surface area (Å²) in [5.41, 5.74) is -2.19. The van der Waals surface area contributed by atoms with Gasteiger partial charge in [-0.2, -0.15) is 0 Å². The number of rotatable bonds is 4. The summed E-state index contributed by atoms with van der Waals surface area (Å²) in [7, 11) is 0. The van der Waals surface area contributed by atoms with Crippen LogP contribution in [-0.2, 0) is 0 Å². The molecule has 0 aliphatic carbocycles. The summed E-state index contributed by atoms with van der Waals surface area (Å²) >= 11 is 5.77. The first-order valence-electron chi connectivity index (χ1n) is 7.29. The van der Waals surface area contributed by atoms with Crippen molar-refractivity contribution < 1.29 is 15.0 Å². The standard InChI is InChI=1S/C16H9ClN4O6/c17-9-3-1-8(2-4-9)15(22)7-12-16(23)19-11-6-14(21(26)27)13(20(24)25)5-10(11)18-12/h1-7,22H,(H,19,23)/b15-7-. The smallest absolute Gasteiger partial charge is 0.348 e. The first kappa shape index (κ1) is 18.0. The summed E-state index contributed by atoms with van der Waals surface area (Å²) in [5, 5.41) is 32.6. The average Bonchev–Trinajstić information content (AvgIpc) is 2.61. The Bertz CT molecular complexity index is 1170. The van der Waals surface area contributed by atoms with E-state index in [0.717, 1.165) is 18.2 Å². The number of nitro groups is 2. The van der Waals surface area contributed by atoms with Gasteiger partial charge in [-0.05, 0) is 24.3 Å². The van der Waals surface area contributed by atoms with Gasteiger partial charge in [0.2, 0.25) is 0 Å². The maximum absolute atomic E-state index is 12.2. The summed E-state index contributed by atoms with van der Waals surface area (Å²) < 4.78 is 0. The Labute approximate surface area is 154 Å². The fraction of sp³-hybridized carbons (Fsp3) is 0. The van der Waals surface area contributed by atoms with Gasteiger partial charge in [0.1, 0.15) is 11.5 Å². The van der Waals surface area contributed by atoms with E-state index in [0.29, 0.717) is 10.6 Å². The van der Waals surface area contributed by atoms with Crippen molar-refractivity contribution in [3.05, 3.63) is 83.3 Å². The van der Waals surface area contributed by atoms with Crippen LogP contribution in [0.5, 0.6) is 0 Å². The van der Waals surface area contributed by atoms with Crippen LogP contribution in [0.3, 0.4) is 0 Å². The molecule has 0 aliphatic heterocycles. The van der Waals surface area contributed by atoms with Crippen molar-refractivity contribution in [3.63, 3.8) is 0 Å². The number of halogens is 1. The number of fused-ring (bicyclic) bond motifs is 1. The Balaban J connectivity index is 2.16. The SMILES string of the molecule is O=c1[nH]c2cc([N+](=O)[O-])c([N+](=O)[O-])cc2nc1/C=C(\O)c1ccc(Cl)cc1. The monoisotopic (exact) mass is 388 g/mol. The van der Waals surface area contributed by atoms with E-state index in [1.807, 2.05) is 0 Å². The average molecular weight is 389 g/mol. The maximum Gasteiger partial charge on any atom is 0.348 e. The Morgan fingerprint density at radius 3 is 2.30 bits per heavy atom. The van der Waals surface area contributed by atoms with Crippen LogP contribution in [0.2, 0.25) is 5.02 Å². The number of nitro benzene ring substituents is 2. The molecular formula is C16H9ClN4O6. The van der Waals surface area contributed by atoms with E-state index in [9.17, 15) is 30.1 Å². The summed E-state index contributed by atoms with van der Waals surface area (Å²) in [6.07, 6.45) is 1.08. The van der Waals surface area contributed by atoms with Crippen LogP contribution in [0.15, 0.2) is 41.2 Å². The number of aliphatic hydroxyl groups is 1. The van der Waals surface area contributed by atoms with E-state index in [-0.39, 0.29) is 22.5 Å². The molecule has 2 N–H and O–H groups in total. The van der Waals surface area contributed by atoms with Gasteiger partial charge in [0, 0.05) is 22.7 Å². The minimum Gasteiger partial charge on any atom is -0.507 e. The number of hydrogen-bond donors (Lipinski definition) is 2. The highest BCUT2D eigenvalue weighted by atomic mass is 35.5. The molecule has 11 heteroatoms. The molecule has 0 unspecified atom stereocenters. The first-order valence-corrected chi connectivity index (χ1v) is 7.67. The van der Waals surface area contributed by atoms with Gasteiger partial charge in [-0.25, -0.2) is 4.98 Å². The summed E-state index contributed by atoms with van der Waals surface area (Å²) in [5.74, 6) is -0.277. The van der Waals surface area contributed by atoms with Crippen molar-refractivity contribution in [3.8, 4) is 0 Å². The molecule has 0 atom stereocenters. The van der Waals surface area contributed by atoms with Crippen molar-refractivity contribution in [1.82, 2.24) is 9.97 Å². The molecule has 136 valence electrons. The predicted octanol–water partition coefficient (Wildman–Crippen LogP) is 3.45. The van der Waals surface area contributed by atoms with Gasteiger partial charge >= 0.3 is 11.4 Å². The molecule has 0 saturated heterocycles. The number of benzene rings is 2. The Hall–Kier alpha value is -3.79. The second kappa shape index (κ2) is 6.84. The third-order valence-corrected chi connectivity index (χ3v) is 3.87. The Morgan fingerprint density at radius 1 is 1.11 bits per heavy atom. The lowest BCUT2D eigenvalue weighted by molar-refractivity contribution is -0.422. The van der Waals surface area contributed by atoms with Gasteiger partial charge in [-0.3, -0.25) is 25.0 Å². The molecule has 0 fully saturated rings. The van der Waals surface area contributed by atoms with E-state index in [4.69, 9.17) is 11.6 Å². The number of aromatic amines is 1. The number of nitrogens with one attached hydrogen (secondary N) is 1. The van der Waals surface area contributed by atoms with Gasteiger partial charge in [0.05, 0.1) is 26.9 Å². The number of nitrogens with zero attached hydrogens (tertiary/aromatic N) is 3. The second-order valence-corrected chi connectivity index (χ2v) is 5.80. The van der Waals surface area contributed by atoms with Crippen molar-refractivity contribution in [2.24, 2.45) is 0 Å². The number of hydrogen-bond acceptors (Lipinski definition) is 7. The topological polar surface area (TPSA) is 152 Å². The van der Waals surface area contributed by atoms with E-state index in [1.54, 1.807) is 12.1 Å².